The zero-order chi connectivity index (χ0) is 12.3. The highest BCUT2D eigenvalue weighted by molar-refractivity contribution is 7.67. The number of alkyl halides is 3. The topological polar surface area (TPSA) is 43.4 Å². The summed E-state index contributed by atoms with van der Waals surface area (Å²) in [7, 11) is -3.22. The number of rotatable bonds is 3. The van der Waals surface area contributed by atoms with Gasteiger partial charge in [-0.2, -0.15) is 13.2 Å². The maximum atomic E-state index is 12.5. The highest BCUT2D eigenvalue weighted by Gasteiger charge is 2.34. The summed E-state index contributed by atoms with van der Waals surface area (Å²) in [6.45, 7) is 1.16. The van der Waals surface area contributed by atoms with Gasteiger partial charge in [-0.05, 0) is 13.0 Å². The third kappa shape index (κ3) is 3.21. The predicted octanol–water partition coefficient (Wildman–Crippen LogP) is 2.15. The molecule has 0 aliphatic heterocycles. The molecule has 1 radical (unpaired) electrons. The molecule has 16 heavy (non-hydrogen) atoms. The molecular weight excluding hydrogens is 245 g/mol. The van der Waals surface area contributed by atoms with Crippen molar-refractivity contribution in [2.45, 2.75) is 13.1 Å². The van der Waals surface area contributed by atoms with Gasteiger partial charge in [-0.3, -0.25) is 4.18 Å². The van der Waals surface area contributed by atoms with Gasteiger partial charge in [-0.25, -0.2) is 8.42 Å². The van der Waals surface area contributed by atoms with Crippen LogP contribution in [0.4, 0.5) is 13.2 Å². The van der Waals surface area contributed by atoms with Gasteiger partial charge in [0.1, 0.15) is 6.10 Å². The van der Waals surface area contributed by atoms with E-state index in [-0.39, 0.29) is 11.7 Å². The van der Waals surface area contributed by atoms with Crippen LogP contribution in [0, 0.1) is 6.10 Å². The van der Waals surface area contributed by atoms with E-state index in [1.165, 1.54) is 12.1 Å². The standard InChI is InChI=1S/C9H8F3O3S/c1-6(15-16(13)14)7-4-2-3-5-8(7)9(10,11)12/h2-5,16H,1H3. The van der Waals surface area contributed by atoms with E-state index in [0.29, 0.717) is 0 Å². The molecule has 0 aliphatic carbocycles. The third-order valence-corrected chi connectivity index (χ3v) is 2.25. The molecule has 1 aromatic rings. The van der Waals surface area contributed by atoms with Crippen LogP contribution in [0.2, 0.25) is 0 Å². The van der Waals surface area contributed by atoms with Gasteiger partial charge in [-0.15, -0.1) is 0 Å². The second-order valence-corrected chi connectivity index (χ2v) is 3.54. The maximum absolute atomic E-state index is 12.5. The molecule has 0 amide bonds. The Bertz CT molecular complexity index is 432. The quantitative estimate of drug-likeness (QED) is 0.839. The van der Waals surface area contributed by atoms with Crippen LogP contribution in [0.15, 0.2) is 24.3 Å². The molecule has 0 saturated heterocycles. The van der Waals surface area contributed by atoms with Gasteiger partial charge in [0.05, 0.1) is 5.56 Å². The fraction of sp³-hybridized carbons (Fsp3) is 0.222. The summed E-state index contributed by atoms with van der Waals surface area (Å²) in [6, 6.07) is 4.60. The molecule has 0 heterocycles. The first-order valence-electron chi connectivity index (χ1n) is 4.15. The van der Waals surface area contributed by atoms with E-state index in [9.17, 15) is 21.6 Å². The predicted molar refractivity (Wildman–Crippen MR) is 50.9 cm³/mol. The number of halogens is 3. The first kappa shape index (κ1) is 13.0. The monoisotopic (exact) mass is 253 g/mol. The van der Waals surface area contributed by atoms with Gasteiger partial charge in [-0.1, -0.05) is 18.2 Å². The molecule has 7 heteroatoms. The van der Waals surface area contributed by atoms with Gasteiger partial charge in [0.2, 0.25) is 0 Å². The Kier molecular flexibility index (Phi) is 3.93. The van der Waals surface area contributed by atoms with Crippen molar-refractivity contribution in [3.05, 3.63) is 41.5 Å². The van der Waals surface area contributed by atoms with E-state index in [1.807, 2.05) is 0 Å². The molecule has 3 nitrogen and oxygen atoms in total. The highest BCUT2D eigenvalue weighted by Crippen LogP contribution is 2.34. The van der Waals surface area contributed by atoms with Gasteiger partial charge in [0.15, 0.2) is 0 Å². The number of hydrogen-bond donors (Lipinski definition) is 1. The van der Waals surface area contributed by atoms with E-state index in [4.69, 9.17) is 0 Å². The molecule has 0 atom stereocenters. The minimum absolute atomic E-state index is 0.283. The summed E-state index contributed by atoms with van der Waals surface area (Å²) < 4.78 is 62.3. The average Bonchev–Trinajstić information content (AvgIpc) is 2.15. The summed E-state index contributed by atoms with van der Waals surface area (Å²) in [5, 5.41) is 0. The van der Waals surface area contributed by atoms with Crippen LogP contribution < -0.4 is 0 Å². The van der Waals surface area contributed by atoms with Crippen LogP contribution in [0.3, 0.4) is 0 Å². The van der Waals surface area contributed by atoms with Gasteiger partial charge in [0.25, 0.3) is 11.0 Å². The summed E-state index contributed by atoms with van der Waals surface area (Å²) in [6.07, 6.45) is -4.85. The lowest BCUT2D eigenvalue weighted by Gasteiger charge is -2.15. The van der Waals surface area contributed by atoms with Crippen LogP contribution in [-0.2, 0) is 21.3 Å². The Morgan fingerprint density at radius 2 is 1.81 bits per heavy atom. The van der Waals surface area contributed by atoms with E-state index in [2.05, 4.69) is 4.18 Å². The van der Waals surface area contributed by atoms with Crippen molar-refractivity contribution in [3.63, 3.8) is 0 Å². The van der Waals surface area contributed by atoms with Crippen LogP contribution in [0.1, 0.15) is 18.1 Å². The van der Waals surface area contributed by atoms with Crippen molar-refractivity contribution in [3.8, 4) is 0 Å². The highest BCUT2D eigenvalue weighted by atomic mass is 32.2. The Hall–Kier alpha value is -1.08. The molecule has 0 spiro atoms. The first-order valence-corrected chi connectivity index (χ1v) is 5.24. The summed E-state index contributed by atoms with van der Waals surface area (Å²) in [5.41, 5.74) is -1.21. The van der Waals surface area contributed by atoms with Crippen molar-refractivity contribution >= 4 is 11.0 Å². The molecule has 1 aromatic carbocycles. The lowest BCUT2D eigenvalue weighted by Crippen LogP contribution is -2.12. The maximum Gasteiger partial charge on any atom is 0.416 e. The summed E-state index contributed by atoms with van der Waals surface area (Å²) in [5.74, 6) is 0. The van der Waals surface area contributed by atoms with E-state index in [1.54, 1.807) is 0 Å². The molecular formula is C9H8F3O3S. The molecule has 89 valence electrons. The lowest BCUT2D eigenvalue weighted by molar-refractivity contribution is -0.138. The van der Waals surface area contributed by atoms with Crippen LogP contribution >= 0.6 is 0 Å². The Balaban J connectivity index is 3.13. The lowest BCUT2D eigenvalue weighted by atomic mass is 10.0. The Morgan fingerprint density at radius 1 is 1.25 bits per heavy atom. The second kappa shape index (κ2) is 4.84. The largest absolute Gasteiger partial charge is 0.416 e. The van der Waals surface area contributed by atoms with Gasteiger partial charge < -0.3 is 0 Å². The van der Waals surface area contributed by atoms with Crippen LogP contribution in [0.25, 0.3) is 0 Å². The molecule has 1 rings (SSSR count). The van der Waals surface area contributed by atoms with Crippen molar-refractivity contribution < 1.29 is 25.8 Å². The van der Waals surface area contributed by atoms with Crippen LogP contribution in [-0.4, -0.2) is 8.42 Å². The van der Waals surface area contributed by atoms with E-state index in [0.717, 1.165) is 19.1 Å². The van der Waals surface area contributed by atoms with Gasteiger partial charge in [0, 0.05) is 5.56 Å². The fourth-order valence-corrected chi connectivity index (χ4v) is 1.52. The van der Waals surface area contributed by atoms with E-state index >= 15 is 0 Å². The average molecular weight is 253 g/mol. The Labute approximate surface area is 92.0 Å². The van der Waals surface area contributed by atoms with E-state index < -0.39 is 22.7 Å². The molecule has 0 saturated carbocycles. The molecule has 0 aromatic heterocycles. The normalized spacial score (nSPS) is 12.4. The first-order chi connectivity index (χ1) is 7.32. The molecule has 0 aliphatic rings. The number of benzene rings is 1. The molecule has 0 unspecified atom stereocenters. The Morgan fingerprint density at radius 3 is 2.31 bits per heavy atom. The zero-order valence-corrected chi connectivity index (χ0v) is 9.01. The summed E-state index contributed by atoms with van der Waals surface area (Å²) >= 11 is 0. The molecule has 0 fully saturated rings. The van der Waals surface area contributed by atoms with Crippen molar-refractivity contribution in [2.75, 3.05) is 0 Å². The van der Waals surface area contributed by atoms with Crippen LogP contribution in [0.5, 0.6) is 0 Å². The van der Waals surface area contributed by atoms with Gasteiger partial charge >= 0.3 is 6.18 Å². The minimum atomic E-state index is -4.55. The number of hydrogen-bond acceptors (Lipinski definition) is 3. The zero-order valence-electron chi connectivity index (χ0n) is 8.12. The van der Waals surface area contributed by atoms with Crippen molar-refractivity contribution in [1.29, 1.82) is 0 Å². The second-order valence-electron chi connectivity index (χ2n) is 2.91. The van der Waals surface area contributed by atoms with Crippen molar-refractivity contribution in [2.24, 2.45) is 0 Å². The van der Waals surface area contributed by atoms with Crippen molar-refractivity contribution in [1.82, 2.24) is 0 Å². The molecule has 0 bridgehead atoms. The smallest absolute Gasteiger partial charge is 0.257 e. The number of thiol groups is 1. The third-order valence-electron chi connectivity index (χ3n) is 1.82. The summed E-state index contributed by atoms with van der Waals surface area (Å²) in [4.78, 5) is 0. The SMILES string of the molecule is C[C](O[SH](=O)=O)c1ccccc1C(F)(F)F. The minimum Gasteiger partial charge on any atom is -0.257 e. The fourth-order valence-electron chi connectivity index (χ4n) is 1.20. The molecule has 0 N–H and O–H groups in total.